The van der Waals surface area contributed by atoms with E-state index in [1.54, 1.807) is 0 Å². The Morgan fingerprint density at radius 3 is 2.25 bits per heavy atom. The molecule has 1 N–H and O–H groups in total. The molecule has 0 aliphatic rings. The molecule has 2 heteroatoms. The molecule has 0 aliphatic heterocycles. The second-order valence-corrected chi connectivity index (χ2v) is 5.18. The van der Waals surface area contributed by atoms with Crippen LogP contribution < -0.4 is 0 Å². The number of hydrogen-bond donors (Lipinski definition) is 1. The smallest absolute Gasteiger partial charge is 0.304 e. The van der Waals surface area contributed by atoms with Crippen molar-refractivity contribution in [2.24, 2.45) is 0 Å². The van der Waals surface area contributed by atoms with Crippen LogP contribution in [0.1, 0.15) is 58.3 Å². The van der Waals surface area contributed by atoms with Gasteiger partial charge in [0.2, 0.25) is 0 Å². The van der Waals surface area contributed by atoms with Crippen molar-refractivity contribution in [3.8, 4) is 11.8 Å². The van der Waals surface area contributed by atoms with Crippen LogP contribution in [0.3, 0.4) is 0 Å². The van der Waals surface area contributed by atoms with Crippen LogP contribution in [-0.4, -0.2) is 11.1 Å². The standard InChI is InChI=1S/C22H30O2/c1-2-3-4-5-6-7-8-9-10-11-12-13-14-15-16-17-18-19-20-21-22(23)24/h3-4,7-10,12-13,15-16H,2,5-6,11,14,17,20-21H2,1H3,(H,23,24)/b4-3-,8-7+,10-9-,13-12-,16-15-. The van der Waals surface area contributed by atoms with E-state index in [2.05, 4.69) is 73.4 Å². The fraction of sp³-hybridized carbons (Fsp3) is 0.409. The molecule has 0 spiro atoms. The van der Waals surface area contributed by atoms with Gasteiger partial charge in [0.25, 0.3) is 0 Å². The molecular weight excluding hydrogens is 296 g/mol. The van der Waals surface area contributed by atoms with Crippen LogP contribution in [0.25, 0.3) is 0 Å². The zero-order valence-electron chi connectivity index (χ0n) is 14.8. The third kappa shape index (κ3) is 19.7. The number of allylic oxidation sites excluding steroid dienone is 10. The van der Waals surface area contributed by atoms with Gasteiger partial charge in [-0.1, -0.05) is 73.6 Å². The minimum atomic E-state index is -0.793. The van der Waals surface area contributed by atoms with Crippen molar-refractivity contribution in [3.63, 3.8) is 0 Å². The molecule has 0 radical (unpaired) electrons. The van der Waals surface area contributed by atoms with Crippen molar-refractivity contribution < 1.29 is 9.90 Å². The zero-order chi connectivity index (χ0) is 17.7. The van der Waals surface area contributed by atoms with Crippen molar-refractivity contribution >= 4 is 5.97 Å². The third-order valence-corrected chi connectivity index (χ3v) is 2.97. The van der Waals surface area contributed by atoms with Crippen LogP contribution in [0, 0.1) is 11.8 Å². The number of hydrogen-bond acceptors (Lipinski definition) is 1. The highest BCUT2D eigenvalue weighted by Gasteiger charge is 1.90. The summed E-state index contributed by atoms with van der Waals surface area (Å²) < 4.78 is 0. The molecule has 0 aromatic carbocycles. The van der Waals surface area contributed by atoms with Gasteiger partial charge in [-0.05, 0) is 32.1 Å². The van der Waals surface area contributed by atoms with Gasteiger partial charge >= 0.3 is 5.97 Å². The summed E-state index contributed by atoms with van der Waals surface area (Å²) >= 11 is 0. The summed E-state index contributed by atoms with van der Waals surface area (Å²) in [5.41, 5.74) is 0. The Balaban J connectivity index is 3.56. The van der Waals surface area contributed by atoms with Gasteiger partial charge in [-0.3, -0.25) is 4.79 Å². The fourth-order valence-electron chi connectivity index (χ4n) is 1.73. The van der Waals surface area contributed by atoms with Gasteiger partial charge in [0.1, 0.15) is 0 Å². The Kier molecular flexibility index (Phi) is 17.0. The van der Waals surface area contributed by atoms with E-state index in [0.717, 1.165) is 32.1 Å². The van der Waals surface area contributed by atoms with Crippen LogP contribution in [0.15, 0.2) is 60.8 Å². The van der Waals surface area contributed by atoms with Gasteiger partial charge < -0.3 is 5.11 Å². The van der Waals surface area contributed by atoms with E-state index in [1.165, 1.54) is 0 Å². The van der Waals surface area contributed by atoms with E-state index in [4.69, 9.17) is 5.11 Å². The lowest BCUT2D eigenvalue weighted by atomic mass is 10.2. The highest BCUT2D eigenvalue weighted by molar-refractivity contribution is 5.66. The topological polar surface area (TPSA) is 37.3 Å². The Labute approximate surface area is 147 Å². The average Bonchev–Trinajstić information content (AvgIpc) is 2.56. The van der Waals surface area contributed by atoms with E-state index in [-0.39, 0.29) is 6.42 Å². The van der Waals surface area contributed by atoms with Crippen molar-refractivity contribution in [2.45, 2.75) is 58.3 Å². The molecule has 0 rings (SSSR count). The largest absolute Gasteiger partial charge is 0.481 e. The molecule has 0 atom stereocenters. The van der Waals surface area contributed by atoms with Gasteiger partial charge in [0, 0.05) is 12.8 Å². The Hall–Kier alpha value is -2.27. The molecule has 0 aromatic heterocycles. The number of aliphatic carboxylic acids is 1. The first kappa shape index (κ1) is 21.7. The molecule has 130 valence electrons. The van der Waals surface area contributed by atoms with Gasteiger partial charge in [0.15, 0.2) is 0 Å². The molecule has 0 heterocycles. The highest BCUT2D eigenvalue weighted by atomic mass is 16.4. The third-order valence-electron chi connectivity index (χ3n) is 2.97. The summed E-state index contributed by atoms with van der Waals surface area (Å²) in [5.74, 6) is 4.99. The fourth-order valence-corrected chi connectivity index (χ4v) is 1.73. The van der Waals surface area contributed by atoms with Gasteiger partial charge in [0.05, 0.1) is 6.42 Å². The monoisotopic (exact) mass is 326 g/mol. The molecule has 0 saturated heterocycles. The SMILES string of the molecule is CC/C=C\CC/C=C/C=C\C/C=C\C/C=C\CC#CCCC(=O)O. The van der Waals surface area contributed by atoms with Crippen LogP contribution in [0.5, 0.6) is 0 Å². The molecule has 0 fully saturated rings. The van der Waals surface area contributed by atoms with Gasteiger partial charge in [-0.15, -0.1) is 5.92 Å². The minimum absolute atomic E-state index is 0.123. The van der Waals surface area contributed by atoms with Crippen LogP contribution in [0.4, 0.5) is 0 Å². The molecular formula is C22H30O2. The molecule has 0 bridgehead atoms. The maximum absolute atomic E-state index is 10.3. The molecule has 0 amide bonds. The average molecular weight is 326 g/mol. The minimum Gasteiger partial charge on any atom is -0.481 e. The summed E-state index contributed by atoms with van der Waals surface area (Å²) in [6, 6.07) is 0. The quantitative estimate of drug-likeness (QED) is 0.207. The lowest BCUT2D eigenvalue weighted by Gasteiger charge is -1.85. The predicted octanol–water partition coefficient (Wildman–Crippen LogP) is 6.00. The molecule has 0 unspecified atom stereocenters. The van der Waals surface area contributed by atoms with E-state index < -0.39 is 5.97 Å². The summed E-state index contributed by atoms with van der Waals surface area (Å²) in [5, 5.41) is 8.46. The lowest BCUT2D eigenvalue weighted by Crippen LogP contribution is -1.91. The first-order valence-electron chi connectivity index (χ1n) is 8.71. The molecule has 0 saturated carbocycles. The highest BCUT2D eigenvalue weighted by Crippen LogP contribution is 1.96. The second kappa shape index (κ2) is 18.8. The Morgan fingerprint density at radius 2 is 1.50 bits per heavy atom. The maximum atomic E-state index is 10.3. The second-order valence-electron chi connectivity index (χ2n) is 5.18. The molecule has 24 heavy (non-hydrogen) atoms. The summed E-state index contributed by atoms with van der Waals surface area (Å²) in [6.45, 7) is 2.15. The van der Waals surface area contributed by atoms with Crippen molar-refractivity contribution in [1.82, 2.24) is 0 Å². The van der Waals surface area contributed by atoms with E-state index in [9.17, 15) is 4.79 Å². The van der Waals surface area contributed by atoms with Crippen LogP contribution in [0.2, 0.25) is 0 Å². The first-order valence-corrected chi connectivity index (χ1v) is 8.71. The number of carboxylic acids is 1. The molecule has 0 aliphatic carbocycles. The lowest BCUT2D eigenvalue weighted by molar-refractivity contribution is -0.136. The molecule has 2 nitrogen and oxygen atoms in total. The first-order chi connectivity index (χ1) is 11.8. The van der Waals surface area contributed by atoms with E-state index >= 15 is 0 Å². The van der Waals surface area contributed by atoms with Crippen molar-refractivity contribution in [2.75, 3.05) is 0 Å². The zero-order valence-corrected chi connectivity index (χ0v) is 14.8. The van der Waals surface area contributed by atoms with Crippen LogP contribution in [-0.2, 0) is 4.79 Å². The number of rotatable bonds is 12. The van der Waals surface area contributed by atoms with Gasteiger partial charge in [-0.25, -0.2) is 0 Å². The van der Waals surface area contributed by atoms with E-state index in [1.807, 2.05) is 6.08 Å². The van der Waals surface area contributed by atoms with Gasteiger partial charge in [-0.2, -0.15) is 0 Å². The van der Waals surface area contributed by atoms with E-state index in [0.29, 0.717) is 12.8 Å². The van der Waals surface area contributed by atoms with Crippen LogP contribution >= 0.6 is 0 Å². The normalized spacial score (nSPS) is 12.0. The summed E-state index contributed by atoms with van der Waals surface area (Å²) in [4.78, 5) is 10.3. The number of unbranched alkanes of at least 4 members (excludes halogenated alkanes) is 1. The summed E-state index contributed by atoms with van der Waals surface area (Å²) in [6.07, 6.45) is 27.8. The Morgan fingerprint density at radius 1 is 0.833 bits per heavy atom. The van der Waals surface area contributed by atoms with Crippen molar-refractivity contribution in [3.05, 3.63) is 60.8 Å². The predicted molar refractivity (Wildman–Crippen MR) is 104 cm³/mol. The summed E-state index contributed by atoms with van der Waals surface area (Å²) in [7, 11) is 0. The Bertz CT molecular complexity index is 508. The van der Waals surface area contributed by atoms with Crippen molar-refractivity contribution in [1.29, 1.82) is 0 Å². The molecule has 0 aromatic rings. The maximum Gasteiger partial charge on any atom is 0.304 e. The number of carboxylic acid groups (broad SMARTS) is 1. The number of carbonyl (C=O) groups is 1.